The molecule has 35 heavy (non-hydrogen) atoms. The van der Waals surface area contributed by atoms with Gasteiger partial charge in [0.2, 0.25) is 0 Å². The summed E-state index contributed by atoms with van der Waals surface area (Å²) in [6.07, 6.45) is 6.88. The van der Waals surface area contributed by atoms with Crippen LogP contribution >= 0.6 is 12.6 Å². The van der Waals surface area contributed by atoms with E-state index in [4.69, 9.17) is 4.74 Å². The van der Waals surface area contributed by atoms with Gasteiger partial charge in [0.05, 0.1) is 0 Å². The number of fused-ring (bicyclic) bond motifs is 2. The zero-order chi connectivity index (χ0) is 25.0. The monoisotopic (exact) mass is 485 g/mol. The quantitative estimate of drug-likeness (QED) is 0.284. The molecule has 2 aliphatic rings. The van der Waals surface area contributed by atoms with Crippen molar-refractivity contribution in [1.82, 2.24) is 0 Å². The summed E-state index contributed by atoms with van der Waals surface area (Å²) in [7, 11) is 0. The van der Waals surface area contributed by atoms with Crippen LogP contribution in [0.2, 0.25) is 0 Å². The highest BCUT2D eigenvalue weighted by Crippen LogP contribution is 2.48. The molecule has 0 saturated heterocycles. The van der Waals surface area contributed by atoms with Crippen LogP contribution in [0.3, 0.4) is 0 Å². The lowest BCUT2D eigenvalue weighted by molar-refractivity contribution is 0.319. The molecule has 0 atom stereocenters. The summed E-state index contributed by atoms with van der Waals surface area (Å²) in [4.78, 5) is 0.958. The molecule has 1 spiro atoms. The van der Waals surface area contributed by atoms with Crippen molar-refractivity contribution in [1.29, 1.82) is 0 Å². The molecule has 0 amide bonds. The van der Waals surface area contributed by atoms with E-state index in [2.05, 4.69) is 74.8 Å². The van der Waals surface area contributed by atoms with E-state index < -0.39 is 0 Å². The topological polar surface area (TPSA) is 21.3 Å². The summed E-state index contributed by atoms with van der Waals surface area (Å²) in [5.74, 6) is 0.904. The molecule has 1 aliphatic heterocycles. The zero-order valence-corrected chi connectivity index (χ0v) is 22.6. The molecule has 3 heteroatoms. The molecule has 5 rings (SSSR count). The van der Waals surface area contributed by atoms with Gasteiger partial charge in [0.15, 0.2) is 0 Å². The van der Waals surface area contributed by atoms with Crippen molar-refractivity contribution in [2.24, 2.45) is 0 Å². The third-order valence-corrected chi connectivity index (χ3v) is 7.62. The molecular formula is C32H39NOS. The number of aryl methyl sites for hydroxylation is 3. The Bertz CT molecular complexity index is 1190. The van der Waals surface area contributed by atoms with Gasteiger partial charge < -0.3 is 10.1 Å². The first-order chi connectivity index (χ1) is 16.8. The van der Waals surface area contributed by atoms with E-state index in [0.717, 1.165) is 28.3 Å². The molecule has 1 heterocycles. The van der Waals surface area contributed by atoms with Crippen molar-refractivity contribution in [3.8, 4) is 16.9 Å². The molecule has 1 aliphatic carbocycles. The van der Waals surface area contributed by atoms with E-state index >= 15 is 0 Å². The zero-order valence-electron chi connectivity index (χ0n) is 21.7. The number of thiol groups is 1. The van der Waals surface area contributed by atoms with Gasteiger partial charge in [-0.3, -0.25) is 0 Å². The van der Waals surface area contributed by atoms with Crippen LogP contribution < -0.4 is 10.1 Å². The van der Waals surface area contributed by atoms with Crippen molar-refractivity contribution in [2.45, 2.75) is 70.1 Å². The number of rotatable bonds is 4. The maximum absolute atomic E-state index is 5.52. The molecule has 2 nitrogen and oxygen atoms in total. The first-order valence-corrected chi connectivity index (χ1v) is 13.2. The maximum Gasteiger partial charge on any atom is 0.122 e. The summed E-state index contributed by atoms with van der Waals surface area (Å²) in [6.45, 7) is 13.9. The number of nitrogens with one attached hydrogen (secondary N) is 1. The van der Waals surface area contributed by atoms with Crippen molar-refractivity contribution in [3.63, 3.8) is 0 Å². The van der Waals surface area contributed by atoms with Crippen LogP contribution in [0.5, 0.6) is 5.75 Å². The Morgan fingerprint density at radius 3 is 2.29 bits per heavy atom. The van der Waals surface area contributed by atoms with Crippen LogP contribution in [0, 0.1) is 20.8 Å². The van der Waals surface area contributed by atoms with E-state index in [1.165, 1.54) is 60.0 Å². The summed E-state index contributed by atoms with van der Waals surface area (Å²) in [5, 5.41) is 3.72. The Morgan fingerprint density at radius 1 is 0.914 bits per heavy atom. The lowest BCUT2D eigenvalue weighted by atomic mass is 9.70. The largest absolute Gasteiger partial charge is 0.489 e. The van der Waals surface area contributed by atoms with Crippen LogP contribution in [0.1, 0.15) is 61.3 Å². The van der Waals surface area contributed by atoms with Gasteiger partial charge in [0.25, 0.3) is 0 Å². The third-order valence-electron chi connectivity index (χ3n) is 7.34. The standard InChI is InChI=1S/C21H25N.C11H14OS/c1-15-6-8-17(9-7-15)18-12-16(2)20-19(13-18)21(14-22-20)10-4-3-5-11-21;1-8(2)7-12-11-5-4-10(13)6-9(11)3/h6-9,12-13,22H,3-5,10-11,14H2,1-2H3;4-6,13H,1,7H2,2-3H3. The summed E-state index contributed by atoms with van der Waals surface area (Å²) in [6, 6.07) is 19.6. The van der Waals surface area contributed by atoms with Crippen molar-refractivity contribution in [3.05, 3.63) is 89.0 Å². The molecule has 0 bridgehead atoms. The minimum absolute atomic E-state index is 0.402. The highest BCUT2D eigenvalue weighted by atomic mass is 32.1. The van der Waals surface area contributed by atoms with Gasteiger partial charge >= 0.3 is 0 Å². The Labute approximate surface area is 217 Å². The van der Waals surface area contributed by atoms with Gasteiger partial charge in [-0.2, -0.15) is 0 Å². The van der Waals surface area contributed by atoms with Gasteiger partial charge in [0.1, 0.15) is 12.4 Å². The van der Waals surface area contributed by atoms with Gasteiger partial charge in [-0.1, -0.05) is 55.7 Å². The minimum Gasteiger partial charge on any atom is -0.489 e. The van der Waals surface area contributed by atoms with E-state index in [1.54, 1.807) is 5.56 Å². The maximum atomic E-state index is 5.52. The second kappa shape index (κ2) is 11.0. The van der Waals surface area contributed by atoms with Crippen LogP contribution in [0.15, 0.2) is 71.6 Å². The van der Waals surface area contributed by atoms with Crippen LogP contribution in [-0.4, -0.2) is 13.2 Å². The fourth-order valence-corrected chi connectivity index (χ4v) is 5.64. The Hall–Kier alpha value is -2.65. The number of hydrogen-bond donors (Lipinski definition) is 2. The average molecular weight is 486 g/mol. The van der Waals surface area contributed by atoms with Crippen LogP contribution in [0.4, 0.5) is 5.69 Å². The second-order valence-corrected chi connectivity index (χ2v) is 11.0. The van der Waals surface area contributed by atoms with Crippen LogP contribution in [0.25, 0.3) is 11.1 Å². The smallest absolute Gasteiger partial charge is 0.122 e. The number of anilines is 1. The van der Waals surface area contributed by atoms with E-state index in [0.29, 0.717) is 12.0 Å². The molecular weight excluding hydrogens is 446 g/mol. The third kappa shape index (κ3) is 5.95. The summed E-state index contributed by atoms with van der Waals surface area (Å²) >= 11 is 4.24. The lowest BCUT2D eigenvalue weighted by Gasteiger charge is -2.33. The predicted molar refractivity (Wildman–Crippen MR) is 153 cm³/mol. The summed E-state index contributed by atoms with van der Waals surface area (Å²) < 4.78 is 5.52. The lowest BCUT2D eigenvalue weighted by Crippen LogP contribution is -2.30. The molecule has 3 aromatic carbocycles. The van der Waals surface area contributed by atoms with E-state index in [1.807, 2.05) is 32.0 Å². The SMILES string of the molecule is C=C(C)COc1ccc(S)cc1C.Cc1ccc(-c2cc(C)c3c(c2)C2(CCCCC2)CN3)cc1. The minimum atomic E-state index is 0.402. The van der Waals surface area contributed by atoms with Gasteiger partial charge in [0, 0.05) is 22.5 Å². The van der Waals surface area contributed by atoms with Gasteiger partial charge in [-0.25, -0.2) is 0 Å². The Balaban J connectivity index is 0.000000191. The molecule has 0 unspecified atom stereocenters. The van der Waals surface area contributed by atoms with Crippen molar-refractivity contribution in [2.75, 3.05) is 18.5 Å². The molecule has 0 radical (unpaired) electrons. The first kappa shape index (κ1) is 25.4. The van der Waals surface area contributed by atoms with Crippen molar-refractivity contribution >= 4 is 18.3 Å². The molecule has 3 aromatic rings. The molecule has 1 fully saturated rings. The Morgan fingerprint density at radius 2 is 1.63 bits per heavy atom. The first-order valence-electron chi connectivity index (χ1n) is 12.8. The molecule has 184 valence electrons. The number of hydrogen-bond acceptors (Lipinski definition) is 3. The Kier molecular flexibility index (Phi) is 7.96. The average Bonchev–Trinajstić information content (AvgIpc) is 3.18. The summed E-state index contributed by atoms with van der Waals surface area (Å²) in [5.41, 5.74) is 11.0. The fourth-order valence-electron chi connectivity index (χ4n) is 5.38. The molecule has 1 saturated carbocycles. The fraction of sp³-hybridized carbons (Fsp3) is 0.375. The van der Waals surface area contributed by atoms with Gasteiger partial charge in [-0.15, -0.1) is 12.6 Å². The van der Waals surface area contributed by atoms with Gasteiger partial charge in [-0.05, 0) is 104 Å². The van der Waals surface area contributed by atoms with E-state index in [-0.39, 0.29) is 0 Å². The normalized spacial score (nSPS) is 15.6. The van der Waals surface area contributed by atoms with Crippen molar-refractivity contribution < 1.29 is 4.74 Å². The molecule has 0 aromatic heterocycles. The second-order valence-electron chi connectivity index (χ2n) is 10.5. The van der Waals surface area contributed by atoms with E-state index in [9.17, 15) is 0 Å². The number of benzene rings is 3. The molecule has 1 N–H and O–H groups in total. The number of ether oxygens (including phenoxy) is 1. The highest BCUT2D eigenvalue weighted by molar-refractivity contribution is 7.80. The highest BCUT2D eigenvalue weighted by Gasteiger charge is 2.40. The van der Waals surface area contributed by atoms with Crippen LogP contribution in [-0.2, 0) is 5.41 Å². The predicted octanol–water partition coefficient (Wildman–Crippen LogP) is 8.84.